The highest BCUT2D eigenvalue weighted by Gasteiger charge is 2.33. The van der Waals surface area contributed by atoms with Crippen LogP contribution >= 0.6 is 11.6 Å². The molecule has 0 aromatic heterocycles. The number of hydrogen-bond donors (Lipinski definition) is 1. The van der Waals surface area contributed by atoms with Crippen LogP contribution in [0.2, 0.25) is 5.02 Å². The van der Waals surface area contributed by atoms with Crippen LogP contribution in [0.1, 0.15) is 5.56 Å². The average molecular weight is 324 g/mol. The highest BCUT2D eigenvalue weighted by Crippen LogP contribution is 2.24. The van der Waals surface area contributed by atoms with E-state index >= 15 is 0 Å². The van der Waals surface area contributed by atoms with Gasteiger partial charge in [-0.15, -0.1) is 0 Å². The van der Waals surface area contributed by atoms with Gasteiger partial charge >= 0.3 is 6.03 Å². The van der Waals surface area contributed by atoms with Crippen molar-refractivity contribution >= 4 is 23.3 Å². The Labute approximate surface area is 136 Å². The summed E-state index contributed by atoms with van der Waals surface area (Å²) in [6.45, 7) is 5.72. The van der Waals surface area contributed by atoms with E-state index in [-0.39, 0.29) is 12.1 Å². The summed E-state index contributed by atoms with van der Waals surface area (Å²) in [7, 11) is 2.11. The Hall–Kier alpha value is -1.30. The number of anilines is 1. The van der Waals surface area contributed by atoms with Gasteiger partial charge in [-0.25, -0.2) is 4.79 Å². The van der Waals surface area contributed by atoms with Crippen LogP contribution < -0.4 is 5.32 Å². The normalized spacial score (nSPS) is 25.7. The van der Waals surface area contributed by atoms with Crippen LogP contribution in [0.4, 0.5) is 10.5 Å². The minimum atomic E-state index is -0.0578. The summed E-state index contributed by atoms with van der Waals surface area (Å²) in [5.41, 5.74) is 1.67. The van der Waals surface area contributed by atoms with E-state index in [1.54, 1.807) is 0 Å². The molecule has 1 aromatic carbocycles. The topological polar surface area (TPSA) is 44.8 Å². The fourth-order valence-corrected chi connectivity index (χ4v) is 3.33. The Kier molecular flexibility index (Phi) is 4.57. The molecule has 0 unspecified atom stereocenters. The predicted molar refractivity (Wildman–Crippen MR) is 87.5 cm³/mol. The van der Waals surface area contributed by atoms with E-state index in [1.807, 2.05) is 30.0 Å². The van der Waals surface area contributed by atoms with Gasteiger partial charge in [0.2, 0.25) is 0 Å². The zero-order valence-corrected chi connectivity index (χ0v) is 13.8. The Balaban J connectivity index is 1.73. The monoisotopic (exact) mass is 323 g/mol. The van der Waals surface area contributed by atoms with E-state index in [1.165, 1.54) is 0 Å². The second-order valence-electron chi connectivity index (χ2n) is 6.24. The molecule has 2 fully saturated rings. The lowest BCUT2D eigenvalue weighted by atomic mass is 10.1. The maximum Gasteiger partial charge on any atom is 0.321 e. The average Bonchev–Trinajstić information content (AvgIpc) is 2.72. The molecule has 6 heteroatoms. The van der Waals surface area contributed by atoms with Crippen molar-refractivity contribution in [2.45, 2.75) is 13.0 Å². The third kappa shape index (κ3) is 3.21. The summed E-state index contributed by atoms with van der Waals surface area (Å²) in [4.78, 5) is 16.8. The molecule has 22 heavy (non-hydrogen) atoms. The number of ether oxygens (including phenoxy) is 1. The first kappa shape index (κ1) is 15.6. The zero-order chi connectivity index (χ0) is 15.7. The minimum Gasteiger partial charge on any atom is -0.379 e. The third-order valence-corrected chi connectivity index (χ3v) is 4.95. The van der Waals surface area contributed by atoms with E-state index in [9.17, 15) is 4.79 Å². The van der Waals surface area contributed by atoms with Crippen LogP contribution in [-0.4, -0.2) is 61.8 Å². The number of urea groups is 1. The zero-order valence-electron chi connectivity index (χ0n) is 13.0. The lowest BCUT2D eigenvalue weighted by Crippen LogP contribution is -2.46. The van der Waals surface area contributed by atoms with Crippen LogP contribution in [0.5, 0.6) is 0 Å². The van der Waals surface area contributed by atoms with Crippen LogP contribution in [0.25, 0.3) is 0 Å². The number of nitrogens with one attached hydrogen (secondary N) is 1. The van der Waals surface area contributed by atoms with Gasteiger partial charge in [0.1, 0.15) is 0 Å². The molecule has 0 radical (unpaired) electrons. The van der Waals surface area contributed by atoms with Gasteiger partial charge in [0.25, 0.3) is 0 Å². The van der Waals surface area contributed by atoms with Gasteiger partial charge < -0.3 is 15.0 Å². The number of likely N-dealkylation sites (N-methyl/N-ethyl adjacent to an activating group) is 1. The molecule has 2 heterocycles. The molecular weight excluding hydrogens is 302 g/mol. The number of nitrogens with zero attached hydrogens (tertiary/aromatic N) is 2. The molecule has 0 spiro atoms. The number of rotatable bonds is 1. The van der Waals surface area contributed by atoms with Crippen molar-refractivity contribution in [1.82, 2.24) is 9.80 Å². The number of fused-ring (bicyclic) bond motifs is 3. The summed E-state index contributed by atoms with van der Waals surface area (Å²) in [5.74, 6) is 0.365. The summed E-state index contributed by atoms with van der Waals surface area (Å²) in [5, 5.41) is 3.66. The van der Waals surface area contributed by atoms with Gasteiger partial charge in [0.05, 0.1) is 19.3 Å². The predicted octanol–water partition coefficient (Wildman–Crippen LogP) is 2.44. The van der Waals surface area contributed by atoms with Crippen LogP contribution in [0.15, 0.2) is 18.2 Å². The molecule has 2 amide bonds. The number of halogens is 1. The van der Waals surface area contributed by atoms with Crippen molar-refractivity contribution in [3.05, 3.63) is 28.8 Å². The molecule has 2 saturated heterocycles. The largest absolute Gasteiger partial charge is 0.379 e. The van der Waals surface area contributed by atoms with Gasteiger partial charge in [-0.05, 0) is 31.7 Å². The molecule has 0 aliphatic carbocycles. The lowest BCUT2D eigenvalue weighted by molar-refractivity contribution is 0.0643. The summed E-state index contributed by atoms with van der Waals surface area (Å²) in [6, 6.07) is 5.77. The molecule has 2 atom stereocenters. The fraction of sp³-hybridized carbons (Fsp3) is 0.562. The fourth-order valence-electron chi connectivity index (χ4n) is 3.15. The molecule has 1 N–H and O–H groups in total. The molecular formula is C16H22ClN3O2. The Morgan fingerprint density at radius 2 is 2.14 bits per heavy atom. The molecule has 2 aliphatic rings. The second-order valence-corrected chi connectivity index (χ2v) is 6.65. The molecule has 2 bridgehead atoms. The third-order valence-electron chi connectivity index (χ3n) is 4.54. The number of carbonyl (C=O) groups is 1. The van der Waals surface area contributed by atoms with E-state index in [2.05, 4.69) is 17.3 Å². The smallest absolute Gasteiger partial charge is 0.321 e. The van der Waals surface area contributed by atoms with Crippen molar-refractivity contribution in [2.75, 3.05) is 45.2 Å². The molecule has 5 nitrogen and oxygen atoms in total. The Bertz CT molecular complexity index is 566. The van der Waals surface area contributed by atoms with E-state index in [0.29, 0.717) is 24.1 Å². The van der Waals surface area contributed by atoms with Crippen LogP contribution in [-0.2, 0) is 4.74 Å². The second kappa shape index (κ2) is 6.44. The number of carbonyl (C=O) groups excluding carboxylic acids is 1. The summed E-state index contributed by atoms with van der Waals surface area (Å²) in [6.07, 6.45) is 0. The van der Waals surface area contributed by atoms with Crippen molar-refractivity contribution in [3.63, 3.8) is 0 Å². The molecule has 1 aromatic rings. The van der Waals surface area contributed by atoms with Crippen molar-refractivity contribution in [2.24, 2.45) is 5.92 Å². The quantitative estimate of drug-likeness (QED) is 0.863. The summed E-state index contributed by atoms with van der Waals surface area (Å²) < 4.78 is 5.70. The van der Waals surface area contributed by atoms with E-state index in [4.69, 9.17) is 16.3 Å². The maximum absolute atomic E-state index is 12.6. The Morgan fingerprint density at radius 3 is 2.95 bits per heavy atom. The number of amides is 2. The first-order valence-corrected chi connectivity index (χ1v) is 8.01. The highest BCUT2D eigenvalue weighted by atomic mass is 35.5. The van der Waals surface area contributed by atoms with Gasteiger partial charge in [-0.3, -0.25) is 4.90 Å². The summed E-state index contributed by atoms with van der Waals surface area (Å²) >= 11 is 6.12. The van der Waals surface area contributed by atoms with Gasteiger partial charge in [-0.2, -0.15) is 0 Å². The minimum absolute atomic E-state index is 0.0578. The van der Waals surface area contributed by atoms with Gasteiger partial charge in [0, 0.05) is 36.3 Å². The van der Waals surface area contributed by atoms with Crippen molar-refractivity contribution in [1.29, 1.82) is 0 Å². The maximum atomic E-state index is 12.6. The van der Waals surface area contributed by atoms with Gasteiger partial charge in [-0.1, -0.05) is 17.7 Å². The van der Waals surface area contributed by atoms with Crippen LogP contribution in [0.3, 0.4) is 0 Å². The first-order chi connectivity index (χ1) is 10.5. The van der Waals surface area contributed by atoms with E-state index < -0.39 is 0 Å². The lowest BCUT2D eigenvalue weighted by Gasteiger charge is -2.30. The number of benzene rings is 1. The molecule has 3 rings (SSSR count). The van der Waals surface area contributed by atoms with Gasteiger partial charge in [0.15, 0.2) is 0 Å². The van der Waals surface area contributed by atoms with Crippen molar-refractivity contribution in [3.8, 4) is 0 Å². The molecule has 0 saturated carbocycles. The SMILES string of the molecule is Cc1c(Cl)cccc1NC(=O)N1C[C@@H]2COC[C@H](C1)N(C)C2. The van der Waals surface area contributed by atoms with Crippen molar-refractivity contribution < 1.29 is 9.53 Å². The number of hydrogen-bond acceptors (Lipinski definition) is 3. The van der Waals surface area contributed by atoms with E-state index in [0.717, 1.165) is 30.9 Å². The molecule has 2 aliphatic heterocycles. The van der Waals surface area contributed by atoms with Crippen LogP contribution in [0, 0.1) is 12.8 Å². The highest BCUT2D eigenvalue weighted by molar-refractivity contribution is 6.31. The standard InChI is InChI=1S/C16H22ClN3O2/c1-11-14(17)4-3-5-15(11)18-16(21)20-7-12-6-19(2)13(8-20)10-22-9-12/h3-5,12-13H,6-10H2,1-2H3,(H,18,21)/t12-,13+/m1/s1. The molecule has 120 valence electrons. The Morgan fingerprint density at radius 1 is 1.32 bits per heavy atom. The first-order valence-electron chi connectivity index (χ1n) is 7.63.